The van der Waals surface area contributed by atoms with Crippen LogP contribution in [0, 0.1) is 29.6 Å². The van der Waals surface area contributed by atoms with Crippen molar-refractivity contribution in [3.8, 4) is 23.5 Å². The quantitative estimate of drug-likeness (QED) is 0.394. The molecule has 2 heteroatoms. The van der Waals surface area contributed by atoms with E-state index in [9.17, 15) is 0 Å². The molecule has 0 bridgehead atoms. The summed E-state index contributed by atoms with van der Waals surface area (Å²) in [6, 6.07) is 18.3. The molecule has 2 aromatic carbocycles. The van der Waals surface area contributed by atoms with Gasteiger partial charge in [-0.05, 0) is 42.0 Å². The first-order valence-electron chi connectivity index (χ1n) is 9.28. The highest BCUT2D eigenvalue weighted by Gasteiger charge is 2.22. The topological polar surface area (TPSA) is 36.2 Å². The number of nitrogens with one attached hydrogen (secondary N) is 1. The van der Waals surface area contributed by atoms with Crippen LogP contribution in [0.25, 0.3) is 11.1 Å². The zero-order chi connectivity index (χ0) is 19.1. The summed E-state index contributed by atoms with van der Waals surface area (Å²) in [5.74, 6) is 3.25. The van der Waals surface area contributed by atoms with E-state index in [0.717, 1.165) is 35.2 Å². The fourth-order valence-electron chi connectivity index (χ4n) is 3.44. The van der Waals surface area contributed by atoms with Crippen molar-refractivity contribution in [2.45, 2.75) is 19.8 Å². The molecule has 2 unspecified atom stereocenters. The average molecular weight is 352 g/mol. The van der Waals surface area contributed by atoms with Crippen molar-refractivity contribution < 1.29 is 0 Å². The van der Waals surface area contributed by atoms with Gasteiger partial charge < -0.3 is 5.41 Å². The predicted molar refractivity (Wildman–Crippen MR) is 115 cm³/mol. The van der Waals surface area contributed by atoms with E-state index < -0.39 is 0 Å². The number of rotatable bonds is 5. The second-order valence-electron chi connectivity index (χ2n) is 6.88. The Morgan fingerprint density at radius 1 is 1.07 bits per heavy atom. The first-order valence-corrected chi connectivity index (χ1v) is 9.28. The Morgan fingerprint density at radius 2 is 1.81 bits per heavy atom. The van der Waals surface area contributed by atoms with Crippen LogP contribution < -0.4 is 0 Å². The summed E-state index contributed by atoms with van der Waals surface area (Å²) in [7, 11) is 0. The minimum atomic E-state index is 0.289. The summed E-state index contributed by atoms with van der Waals surface area (Å²) in [4.78, 5) is 4.49. The Kier molecular flexibility index (Phi) is 6.18. The molecule has 1 aliphatic carbocycles. The maximum Gasteiger partial charge on any atom is 0.0767 e. The van der Waals surface area contributed by atoms with Gasteiger partial charge in [0.2, 0.25) is 0 Å². The molecule has 3 rings (SSSR count). The largest absolute Gasteiger partial charge is 0.300 e. The molecule has 134 valence electrons. The van der Waals surface area contributed by atoms with Crippen LogP contribution >= 0.6 is 0 Å². The number of terminal acetylenes is 1. The SMILES string of the molecule is C#CC=N/C(=C\C(=N)c1cccc(-c2ccccc2)c1)C1CC=CCC1C. The van der Waals surface area contributed by atoms with Crippen LogP contribution in [-0.4, -0.2) is 11.9 Å². The molecule has 0 heterocycles. The van der Waals surface area contributed by atoms with E-state index in [-0.39, 0.29) is 5.92 Å². The number of hydrogen-bond acceptors (Lipinski definition) is 2. The number of aliphatic imine (C=N–C) groups is 1. The van der Waals surface area contributed by atoms with Gasteiger partial charge in [0.1, 0.15) is 0 Å². The van der Waals surface area contributed by atoms with E-state index in [1.54, 1.807) is 0 Å². The lowest BCUT2D eigenvalue weighted by atomic mass is 9.81. The Balaban J connectivity index is 1.92. The first kappa shape index (κ1) is 18.6. The second-order valence-corrected chi connectivity index (χ2v) is 6.88. The van der Waals surface area contributed by atoms with Gasteiger partial charge in [0.15, 0.2) is 0 Å². The zero-order valence-corrected chi connectivity index (χ0v) is 15.6. The van der Waals surface area contributed by atoms with Crippen LogP contribution in [0.2, 0.25) is 0 Å². The summed E-state index contributed by atoms with van der Waals surface area (Å²) >= 11 is 0. The normalized spacial score (nSPS) is 19.8. The highest BCUT2D eigenvalue weighted by Crippen LogP contribution is 2.32. The Hall–Kier alpha value is -3.18. The molecule has 0 spiro atoms. The molecule has 0 radical (unpaired) electrons. The number of benzene rings is 2. The van der Waals surface area contributed by atoms with Crippen LogP contribution in [0.1, 0.15) is 25.3 Å². The van der Waals surface area contributed by atoms with Crippen LogP contribution in [0.5, 0.6) is 0 Å². The van der Waals surface area contributed by atoms with E-state index in [1.807, 2.05) is 36.4 Å². The maximum absolute atomic E-state index is 8.62. The Morgan fingerprint density at radius 3 is 2.56 bits per heavy atom. The molecule has 0 saturated carbocycles. The fourth-order valence-corrected chi connectivity index (χ4v) is 3.44. The Labute approximate surface area is 161 Å². The molecular formula is C25H24N2. The molecule has 0 saturated heterocycles. The standard InChI is InChI=1S/C25H24N2/c1-3-16-27-25(23-15-8-7-10-19(23)2)18-24(26)22-14-9-13-21(17-22)20-11-5-4-6-12-20/h1,4-9,11-14,16-19,23,26H,10,15H2,2H3/b25-18-,26-24?,27-16?. The van der Waals surface area contributed by atoms with Crippen LogP contribution in [0.3, 0.4) is 0 Å². The van der Waals surface area contributed by atoms with Crippen molar-refractivity contribution in [2.75, 3.05) is 0 Å². The number of allylic oxidation sites excluding steroid dienone is 4. The van der Waals surface area contributed by atoms with Crippen molar-refractivity contribution in [3.63, 3.8) is 0 Å². The van der Waals surface area contributed by atoms with E-state index in [0.29, 0.717) is 11.6 Å². The summed E-state index contributed by atoms with van der Waals surface area (Å²) < 4.78 is 0. The monoisotopic (exact) mass is 352 g/mol. The lowest BCUT2D eigenvalue weighted by Crippen LogP contribution is -2.16. The highest BCUT2D eigenvalue weighted by molar-refractivity contribution is 6.07. The minimum Gasteiger partial charge on any atom is -0.300 e. The van der Waals surface area contributed by atoms with Gasteiger partial charge in [-0.15, -0.1) is 6.42 Å². The first-order chi connectivity index (χ1) is 13.2. The maximum atomic E-state index is 8.62. The minimum absolute atomic E-state index is 0.289. The van der Waals surface area contributed by atoms with Crippen molar-refractivity contribution in [1.29, 1.82) is 5.41 Å². The van der Waals surface area contributed by atoms with E-state index in [4.69, 9.17) is 11.8 Å². The van der Waals surface area contributed by atoms with Crippen molar-refractivity contribution in [2.24, 2.45) is 16.8 Å². The van der Waals surface area contributed by atoms with Gasteiger partial charge >= 0.3 is 0 Å². The third-order valence-corrected chi connectivity index (χ3v) is 4.99. The third kappa shape index (κ3) is 4.71. The molecule has 0 aliphatic heterocycles. The Bertz CT molecular complexity index is 926. The van der Waals surface area contributed by atoms with Crippen LogP contribution in [0.4, 0.5) is 0 Å². The van der Waals surface area contributed by atoms with Gasteiger partial charge in [0.05, 0.1) is 11.9 Å². The van der Waals surface area contributed by atoms with Gasteiger partial charge in [-0.25, -0.2) is 0 Å². The summed E-state index contributed by atoms with van der Waals surface area (Å²) in [5, 5.41) is 8.62. The van der Waals surface area contributed by atoms with Crippen LogP contribution in [-0.2, 0) is 0 Å². The predicted octanol–water partition coefficient (Wildman–Crippen LogP) is 5.91. The fraction of sp³-hybridized carbons (Fsp3) is 0.200. The average Bonchev–Trinajstić information content (AvgIpc) is 2.72. The molecule has 0 fully saturated rings. The highest BCUT2D eigenvalue weighted by atomic mass is 14.7. The van der Waals surface area contributed by atoms with Crippen molar-refractivity contribution in [3.05, 3.63) is 84.1 Å². The summed E-state index contributed by atoms with van der Waals surface area (Å²) in [6.45, 7) is 2.23. The van der Waals surface area contributed by atoms with Crippen molar-refractivity contribution in [1.82, 2.24) is 0 Å². The molecule has 0 amide bonds. The molecule has 2 atom stereocenters. The molecule has 2 aromatic rings. The molecule has 1 aliphatic rings. The lowest BCUT2D eigenvalue weighted by molar-refractivity contribution is 0.398. The van der Waals surface area contributed by atoms with Gasteiger partial charge in [-0.2, -0.15) is 0 Å². The smallest absolute Gasteiger partial charge is 0.0767 e. The molecule has 1 N–H and O–H groups in total. The van der Waals surface area contributed by atoms with Gasteiger partial charge in [-0.3, -0.25) is 4.99 Å². The zero-order valence-electron chi connectivity index (χ0n) is 15.6. The molecular weight excluding hydrogens is 328 g/mol. The third-order valence-electron chi connectivity index (χ3n) is 4.99. The summed E-state index contributed by atoms with van der Waals surface area (Å²) in [6.07, 6.45) is 15.1. The van der Waals surface area contributed by atoms with Crippen molar-refractivity contribution >= 4 is 11.9 Å². The van der Waals surface area contributed by atoms with E-state index in [2.05, 4.69) is 54.3 Å². The lowest BCUT2D eigenvalue weighted by Gasteiger charge is -2.25. The number of nitrogens with zero attached hydrogens (tertiary/aromatic N) is 1. The van der Waals surface area contributed by atoms with Gasteiger partial charge in [0.25, 0.3) is 0 Å². The van der Waals surface area contributed by atoms with E-state index in [1.165, 1.54) is 6.21 Å². The molecule has 27 heavy (non-hydrogen) atoms. The molecule has 0 aromatic heterocycles. The van der Waals surface area contributed by atoms with E-state index >= 15 is 0 Å². The van der Waals surface area contributed by atoms with Crippen LogP contribution in [0.15, 0.2) is 83.5 Å². The molecule has 2 nitrogen and oxygen atoms in total. The van der Waals surface area contributed by atoms with Gasteiger partial charge in [0, 0.05) is 17.2 Å². The second kappa shape index (κ2) is 8.96. The van der Waals surface area contributed by atoms with Gasteiger partial charge in [-0.1, -0.05) is 73.5 Å². The number of hydrogen-bond donors (Lipinski definition) is 1. The summed E-state index contributed by atoms with van der Waals surface area (Å²) in [5.41, 5.74) is 4.48.